The number of morpholine rings is 1. The monoisotopic (exact) mass is 372 g/mol. The van der Waals surface area contributed by atoms with Gasteiger partial charge in [-0.05, 0) is 30.7 Å². The van der Waals surface area contributed by atoms with Crippen molar-refractivity contribution in [3.63, 3.8) is 0 Å². The first kappa shape index (κ1) is 18.9. The molecule has 0 aliphatic carbocycles. The van der Waals surface area contributed by atoms with E-state index in [0.717, 1.165) is 12.2 Å². The van der Waals surface area contributed by atoms with E-state index in [0.29, 0.717) is 49.8 Å². The van der Waals surface area contributed by atoms with E-state index in [9.17, 15) is 9.59 Å². The molecule has 1 aromatic heterocycles. The van der Waals surface area contributed by atoms with Crippen molar-refractivity contribution in [2.45, 2.75) is 13.3 Å². The van der Waals surface area contributed by atoms with Crippen LogP contribution >= 0.6 is 0 Å². The summed E-state index contributed by atoms with van der Waals surface area (Å²) in [6, 6.07) is 6.91. The lowest BCUT2D eigenvalue weighted by Gasteiger charge is -2.29. The molecule has 0 saturated carbocycles. The molecule has 27 heavy (non-hydrogen) atoms. The van der Waals surface area contributed by atoms with Crippen LogP contribution in [0.3, 0.4) is 0 Å². The summed E-state index contributed by atoms with van der Waals surface area (Å²) in [6.45, 7) is 4.92. The van der Waals surface area contributed by atoms with Crippen LogP contribution in [-0.4, -0.2) is 48.6 Å². The van der Waals surface area contributed by atoms with E-state index in [1.165, 1.54) is 10.9 Å². The summed E-state index contributed by atoms with van der Waals surface area (Å²) in [6.07, 6.45) is 2.42. The number of anilines is 2. The number of benzene rings is 1. The number of nitrogens with one attached hydrogen (secondary N) is 1. The molecule has 0 unspecified atom stereocenters. The summed E-state index contributed by atoms with van der Waals surface area (Å²) in [5.41, 5.74) is 1.06. The van der Waals surface area contributed by atoms with Crippen LogP contribution in [0.1, 0.15) is 23.7 Å². The maximum Gasteiger partial charge on any atom is 0.292 e. The van der Waals surface area contributed by atoms with Crippen LogP contribution in [0.2, 0.25) is 0 Å². The van der Waals surface area contributed by atoms with Gasteiger partial charge in [-0.2, -0.15) is 5.10 Å². The van der Waals surface area contributed by atoms with Crippen molar-refractivity contribution in [3.05, 3.63) is 46.4 Å². The van der Waals surface area contributed by atoms with Gasteiger partial charge in [0.1, 0.15) is 11.4 Å². The number of rotatable bonds is 6. The topological polar surface area (TPSA) is 85.7 Å². The lowest BCUT2D eigenvalue weighted by molar-refractivity contribution is 0.102. The third-order valence-electron chi connectivity index (χ3n) is 4.28. The van der Waals surface area contributed by atoms with Crippen molar-refractivity contribution in [1.29, 1.82) is 0 Å². The minimum Gasteiger partial charge on any atom is -0.494 e. The molecule has 1 aliphatic rings. The molecule has 0 radical (unpaired) electrons. The van der Waals surface area contributed by atoms with Crippen LogP contribution in [0.5, 0.6) is 5.75 Å². The lowest BCUT2D eigenvalue weighted by atomic mass is 10.2. The first-order chi connectivity index (χ1) is 13.1. The Hall–Kier alpha value is -2.87. The van der Waals surface area contributed by atoms with Crippen LogP contribution < -0.4 is 20.5 Å². The van der Waals surface area contributed by atoms with Crippen LogP contribution in [0.25, 0.3) is 0 Å². The largest absolute Gasteiger partial charge is 0.494 e. The van der Waals surface area contributed by atoms with Gasteiger partial charge in [0.05, 0.1) is 31.7 Å². The van der Waals surface area contributed by atoms with E-state index in [1.54, 1.807) is 31.3 Å². The molecule has 2 aromatic rings. The second-order valence-corrected chi connectivity index (χ2v) is 6.26. The predicted octanol–water partition coefficient (Wildman–Crippen LogP) is 1.66. The third kappa shape index (κ3) is 4.46. The molecule has 144 valence electrons. The van der Waals surface area contributed by atoms with E-state index in [1.807, 2.05) is 11.8 Å². The standard InChI is InChI=1S/C19H24N4O4/c1-3-10-27-15-6-4-14(5-7-15)18(24)21-16-13-20-22(2)19(25)17(16)23-8-11-26-12-9-23/h4-7,13H,3,8-12H2,1-2H3,(H,21,24). The molecule has 2 heterocycles. The van der Waals surface area contributed by atoms with Gasteiger partial charge in [-0.1, -0.05) is 6.92 Å². The smallest absolute Gasteiger partial charge is 0.292 e. The van der Waals surface area contributed by atoms with Gasteiger partial charge in [-0.15, -0.1) is 0 Å². The summed E-state index contributed by atoms with van der Waals surface area (Å²) in [5.74, 6) is 0.416. The van der Waals surface area contributed by atoms with Crippen molar-refractivity contribution in [1.82, 2.24) is 9.78 Å². The Morgan fingerprint density at radius 1 is 1.26 bits per heavy atom. The Morgan fingerprint density at radius 3 is 2.63 bits per heavy atom. The summed E-state index contributed by atoms with van der Waals surface area (Å²) < 4.78 is 12.2. The van der Waals surface area contributed by atoms with Gasteiger partial charge in [-0.25, -0.2) is 4.68 Å². The van der Waals surface area contributed by atoms with Gasteiger partial charge in [0.2, 0.25) is 0 Å². The minimum atomic E-state index is -0.304. The first-order valence-electron chi connectivity index (χ1n) is 9.03. The highest BCUT2D eigenvalue weighted by molar-refractivity contribution is 6.05. The number of amides is 1. The van der Waals surface area contributed by atoms with E-state index in [-0.39, 0.29) is 11.5 Å². The van der Waals surface area contributed by atoms with Crippen molar-refractivity contribution in [2.24, 2.45) is 7.05 Å². The second-order valence-electron chi connectivity index (χ2n) is 6.26. The maximum absolute atomic E-state index is 12.6. The number of carbonyl (C=O) groups is 1. The van der Waals surface area contributed by atoms with Gasteiger partial charge >= 0.3 is 0 Å². The molecular formula is C19H24N4O4. The Bertz CT molecular complexity index is 842. The minimum absolute atomic E-state index is 0.252. The summed E-state index contributed by atoms with van der Waals surface area (Å²) in [5, 5.41) is 6.86. The summed E-state index contributed by atoms with van der Waals surface area (Å²) in [7, 11) is 1.59. The molecule has 8 heteroatoms. The first-order valence-corrected chi connectivity index (χ1v) is 9.03. The highest BCUT2D eigenvalue weighted by atomic mass is 16.5. The summed E-state index contributed by atoms with van der Waals surface area (Å²) >= 11 is 0. The van der Waals surface area contributed by atoms with Crippen molar-refractivity contribution < 1.29 is 14.3 Å². The molecule has 1 aliphatic heterocycles. The fraction of sp³-hybridized carbons (Fsp3) is 0.421. The molecule has 0 atom stereocenters. The van der Waals surface area contributed by atoms with Gasteiger partial charge in [-0.3, -0.25) is 9.59 Å². The van der Waals surface area contributed by atoms with Gasteiger partial charge < -0.3 is 19.7 Å². The van der Waals surface area contributed by atoms with Gasteiger partial charge in [0, 0.05) is 25.7 Å². The number of hydrogen-bond acceptors (Lipinski definition) is 6. The molecule has 1 amide bonds. The molecule has 0 spiro atoms. The fourth-order valence-corrected chi connectivity index (χ4v) is 2.83. The molecule has 1 fully saturated rings. The van der Waals surface area contributed by atoms with E-state index in [4.69, 9.17) is 9.47 Å². The Kier molecular flexibility index (Phi) is 6.08. The van der Waals surface area contributed by atoms with E-state index >= 15 is 0 Å². The molecule has 1 saturated heterocycles. The normalized spacial score (nSPS) is 14.1. The zero-order chi connectivity index (χ0) is 19.2. The summed E-state index contributed by atoms with van der Waals surface area (Å²) in [4.78, 5) is 27.2. The SMILES string of the molecule is CCCOc1ccc(C(=O)Nc2cnn(C)c(=O)c2N2CCOCC2)cc1. The Morgan fingerprint density at radius 2 is 1.96 bits per heavy atom. The molecular weight excluding hydrogens is 348 g/mol. The fourth-order valence-electron chi connectivity index (χ4n) is 2.83. The third-order valence-corrected chi connectivity index (χ3v) is 4.28. The number of nitrogens with zero attached hydrogens (tertiary/aromatic N) is 3. The second kappa shape index (κ2) is 8.68. The van der Waals surface area contributed by atoms with E-state index < -0.39 is 0 Å². The predicted molar refractivity (Wildman–Crippen MR) is 103 cm³/mol. The highest BCUT2D eigenvalue weighted by Crippen LogP contribution is 2.22. The zero-order valence-corrected chi connectivity index (χ0v) is 15.6. The molecule has 3 rings (SSSR count). The average molecular weight is 372 g/mol. The van der Waals surface area contributed by atoms with Crippen LogP contribution in [0.15, 0.2) is 35.3 Å². The molecule has 0 bridgehead atoms. The highest BCUT2D eigenvalue weighted by Gasteiger charge is 2.21. The maximum atomic E-state index is 12.6. The Balaban J connectivity index is 1.81. The Labute approximate surface area is 157 Å². The zero-order valence-electron chi connectivity index (χ0n) is 15.6. The van der Waals surface area contributed by atoms with Crippen molar-refractivity contribution in [2.75, 3.05) is 43.1 Å². The molecule has 1 aromatic carbocycles. The van der Waals surface area contributed by atoms with E-state index in [2.05, 4.69) is 10.4 Å². The number of aryl methyl sites for hydroxylation is 1. The number of hydrogen-bond donors (Lipinski definition) is 1. The lowest BCUT2D eigenvalue weighted by Crippen LogP contribution is -2.41. The van der Waals surface area contributed by atoms with Gasteiger partial charge in [0.25, 0.3) is 11.5 Å². The number of ether oxygens (including phenoxy) is 2. The van der Waals surface area contributed by atoms with Gasteiger partial charge in [0.15, 0.2) is 0 Å². The number of carbonyl (C=O) groups excluding carboxylic acids is 1. The number of aromatic nitrogens is 2. The quantitative estimate of drug-likeness (QED) is 0.830. The van der Waals surface area contributed by atoms with Crippen LogP contribution in [0, 0.1) is 0 Å². The van der Waals surface area contributed by atoms with Crippen molar-refractivity contribution in [3.8, 4) is 5.75 Å². The molecule has 1 N–H and O–H groups in total. The van der Waals surface area contributed by atoms with Crippen LogP contribution in [-0.2, 0) is 11.8 Å². The van der Waals surface area contributed by atoms with Crippen LogP contribution in [0.4, 0.5) is 11.4 Å². The van der Waals surface area contributed by atoms with Crippen molar-refractivity contribution >= 4 is 17.3 Å². The molecule has 8 nitrogen and oxygen atoms in total. The average Bonchev–Trinajstić information content (AvgIpc) is 2.70.